The molecule has 0 radical (unpaired) electrons. The van der Waals surface area contributed by atoms with Gasteiger partial charge in [0.25, 0.3) is 0 Å². The van der Waals surface area contributed by atoms with Crippen molar-refractivity contribution in [2.24, 2.45) is 0 Å². The van der Waals surface area contributed by atoms with E-state index in [0.29, 0.717) is 5.36 Å². The molecule has 4 rings (SSSR count). The number of hydrogen-bond donors (Lipinski definition) is 1. The lowest BCUT2D eigenvalue weighted by Gasteiger charge is -2.25. The lowest BCUT2D eigenvalue weighted by molar-refractivity contribution is 0.400. The van der Waals surface area contributed by atoms with Gasteiger partial charge in [-0.3, -0.25) is 0 Å². The first-order valence-corrected chi connectivity index (χ1v) is 11.0. The molecule has 2 aliphatic rings. The number of aryl methyl sites for hydroxylation is 1. The number of nitrogens with one attached hydrogen (secondary N) is 1. The van der Waals surface area contributed by atoms with Crippen LogP contribution in [0.15, 0.2) is 65.1 Å². The zero-order valence-electron chi connectivity index (χ0n) is 18.9. The van der Waals surface area contributed by atoms with Gasteiger partial charge in [0, 0.05) is 47.4 Å². The summed E-state index contributed by atoms with van der Waals surface area (Å²) < 4.78 is 6.34. The van der Waals surface area contributed by atoms with Gasteiger partial charge in [0.2, 0.25) is 0 Å². The summed E-state index contributed by atoms with van der Waals surface area (Å²) in [6.07, 6.45) is 1.12. The van der Waals surface area contributed by atoms with Gasteiger partial charge in [-0.15, -0.1) is 0 Å². The van der Waals surface area contributed by atoms with Crippen LogP contribution in [0.1, 0.15) is 18.9 Å². The molecule has 160 valence electrons. The fraction of sp³-hybridized carbons (Fsp3) is 0.296. The lowest BCUT2D eigenvalue weighted by atomic mass is 9.93. The van der Waals surface area contributed by atoms with E-state index in [1.807, 2.05) is 18.2 Å². The Morgan fingerprint density at radius 3 is 2.39 bits per heavy atom. The van der Waals surface area contributed by atoms with Gasteiger partial charge < -0.3 is 19.6 Å². The predicted octanol–water partition coefficient (Wildman–Crippen LogP) is 5.77. The number of benzene rings is 3. The summed E-state index contributed by atoms with van der Waals surface area (Å²) in [6.45, 7) is 7.34. The van der Waals surface area contributed by atoms with Crippen molar-refractivity contribution in [1.29, 1.82) is 5.41 Å². The van der Waals surface area contributed by atoms with Gasteiger partial charge in [-0.2, -0.15) is 0 Å². The van der Waals surface area contributed by atoms with Gasteiger partial charge in [0.15, 0.2) is 0 Å². The number of fused-ring (bicyclic) bond motifs is 2. The second-order valence-corrected chi connectivity index (χ2v) is 8.47. The second kappa shape index (κ2) is 8.94. The Bertz CT molecular complexity index is 1210. The van der Waals surface area contributed by atoms with Crippen molar-refractivity contribution >= 4 is 16.7 Å². The molecule has 31 heavy (non-hydrogen) atoms. The molecule has 2 aromatic carbocycles. The van der Waals surface area contributed by atoms with Gasteiger partial charge in [-0.25, -0.2) is 0 Å². The highest BCUT2D eigenvalue weighted by Crippen LogP contribution is 2.40. The van der Waals surface area contributed by atoms with E-state index < -0.39 is 0 Å². The molecule has 4 heteroatoms. The first-order valence-electron chi connectivity index (χ1n) is 11.0. The first-order chi connectivity index (χ1) is 15.0. The minimum atomic E-state index is 0.459. The third-order valence-corrected chi connectivity index (χ3v) is 5.83. The van der Waals surface area contributed by atoms with Crippen LogP contribution in [0.5, 0.6) is 0 Å². The summed E-state index contributed by atoms with van der Waals surface area (Å²) in [5.41, 5.74) is 6.65. The van der Waals surface area contributed by atoms with E-state index >= 15 is 0 Å². The minimum absolute atomic E-state index is 0.459. The Morgan fingerprint density at radius 2 is 1.68 bits per heavy atom. The van der Waals surface area contributed by atoms with Crippen molar-refractivity contribution in [3.05, 3.63) is 71.6 Å². The molecule has 0 spiro atoms. The topological polar surface area (TPSA) is 43.5 Å². The maximum atomic E-state index is 8.07. The highest BCUT2D eigenvalue weighted by atomic mass is 16.3. The molecule has 2 aromatic rings. The van der Waals surface area contributed by atoms with E-state index in [9.17, 15) is 0 Å². The van der Waals surface area contributed by atoms with E-state index in [1.165, 1.54) is 22.4 Å². The smallest absolute Gasteiger partial charge is 0.137 e. The molecule has 0 amide bonds. The minimum Gasteiger partial charge on any atom is -0.456 e. The number of anilines is 1. The van der Waals surface area contributed by atoms with Gasteiger partial charge in [0.1, 0.15) is 11.3 Å². The highest BCUT2D eigenvalue weighted by Gasteiger charge is 2.18. The van der Waals surface area contributed by atoms with Crippen molar-refractivity contribution in [3.63, 3.8) is 0 Å². The summed E-state index contributed by atoms with van der Waals surface area (Å²) in [7, 11) is 4.23. The maximum Gasteiger partial charge on any atom is 0.137 e. The Balaban J connectivity index is 1.86. The first kappa shape index (κ1) is 21.1. The van der Waals surface area contributed by atoms with E-state index in [4.69, 9.17) is 9.83 Å². The van der Waals surface area contributed by atoms with Crippen LogP contribution in [0.2, 0.25) is 0 Å². The molecule has 1 N–H and O–H groups in total. The van der Waals surface area contributed by atoms with Crippen LogP contribution in [-0.4, -0.2) is 38.6 Å². The fourth-order valence-electron chi connectivity index (χ4n) is 4.15. The summed E-state index contributed by atoms with van der Waals surface area (Å²) in [6, 6.07) is 20.8. The lowest BCUT2D eigenvalue weighted by Crippen LogP contribution is -2.26. The molecular formula is C27H31N3O. The number of nitrogens with zero attached hydrogens (tertiary/aromatic N) is 2. The Hall–Kier alpha value is -3.11. The summed E-state index contributed by atoms with van der Waals surface area (Å²) in [5.74, 6) is 0.753. The quantitative estimate of drug-likeness (QED) is 0.391. The average Bonchev–Trinajstić information content (AvgIpc) is 2.75. The van der Waals surface area contributed by atoms with Crippen molar-refractivity contribution < 1.29 is 4.42 Å². The molecule has 1 heterocycles. The number of rotatable bonds is 7. The molecule has 0 saturated heterocycles. The van der Waals surface area contributed by atoms with Crippen molar-refractivity contribution in [1.82, 2.24) is 4.90 Å². The molecule has 1 aliphatic carbocycles. The molecule has 0 aromatic heterocycles. The second-order valence-electron chi connectivity index (χ2n) is 8.47. The third-order valence-electron chi connectivity index (χ3n) is 5.83. The third kappa shape index (κ3) is 4.49. The Morgan fingerprint density at radius 1 is 0.903 bits per heavy atom. The zero-order valence-corrected chi connectivity index (χ0v) is 18.9. The number of hydrogen-bond acceptors (Lipinski definition) is 4. The molecule has 4 nitrogen and oxygen atoms in total. The van der Waals surface area contributed by atoms with Crippen LogP contribution >= 0.6 is 0 Å². The van der Waals surface area contributed by atoms with Crippen LogP contribution < -0.4 is 10.3 Å². The van der Waals surface area contributed by atoms with Gasteiger partial charge in [0.05, 0.1) is 5.36 Å². The molecule has 0 fully saturated rings. The van der Waals surface area contributed by atoms with Crippen molar-refractivity contribution in [3.8, 4) is 22.5 Å². The highest BCUT2D eigenvalue weighted by molar-refractivity contribution is 6.02. The van der Waals surface area contributed by atoms with Crippen LogP contribution in [0.3, 0.4) is 0 Å². The standard InChI is InChI=1S/C27H31N3O/c1-5-30(16-6-15-29(3)4)22-12-14-24-26(18-22)31-25-17-21(28)11-13-23(25)27(24)20-9-7-19(2)8-10-20/h7-14,17-18,28H,5-6,15-16H2,1-4H3. The van der Waals surface area contributed by atoms with Gasteiger partial charge >= 0.3 is 0 Å². The predicted molar refractivity (Wildman–Crippen MR) is 130 cm³/mol. The summed E-state index contributed by atoms with van der Waals surface area (Å²) in [4.78, 5) is 4.62. The van der Waals surface area contributed by atoms with Gasteiger partial charge in [-0.05, 0) is 70.7 Å². The van der Waals surface area contributed by atoms with Gasteiger partial charge in [-0.1, -0.05) is 29.8 Å². The summed E-state index contributed by atoms with van der Waals surface area (Å²) in [5, 5.41) is 9.63. The Labute approximate surface area is 184 Å². The fourth-order valence-corrected chi connectivity index (χ4v) is 4.15. The van der Waals surface area contributed by atoms with Crippen LogP contribution in [-0.2, 0) is 0 Å². The molecule has 0 unspecified atom stereocenters. The van der Waals surface area contributed by atoms with E-state index in [1.54, 1.807) is 0 Å². The molecule has 0 atom stereocenters. The molecule has 0 saturated carbocycles. The SMILES string of the molecule is CCN(CCCN(C)C)c1ccc2c(-c3ccc(C)cc3)c3ccc(=N)cc-3oc2c1. The molecule has 1 aliphatic heterocycles. The normalized spacial score (nSPS) is 11.5. The average molecular weight is 414 g/mol. The zero-order chi connectivity index (χ0) is 22.0. The van der Waals surface area contributed by atoms with E-state index in [-0.39, 0.29) is 0 Å². The maximum absolute atomic E-state index is 8.07. The van der Waals surface area contributed by atoms with Crippen LogP contribution in [0.25, 0.3) is 33.4 Å². The van der Waals surface area contributed by atoms with Crippen molar-refractivity contribution in [2.75, 3.05) is 38.6 Å². The largest absolute Gasteiger partial charge is 0.456 e. The van der Waals surface area contributed by atoms with Crippen molar-refractivity contribution in [2.45, 2.75) is 20.3 Å². The monoisotopic (exact) mass is 413 g/mol. The Kier molecular flexibility index (Phi) is 6.10. The van der Waals surface area contributed by atoms with E-state index in [2.05, 4.69) is 80.2 Å². The van der Waals surface area contributed by atoms with Crippen LogP contribution in [0, 0.1) is 12.3 Å². The summed E-state index contributed by atoms with van der Waals surface area (Å²) >= 11 is 0. The molecular weight excluding hydrogens is 382 g/mol. The van der Waals surface area contributed by atoms with Crippen LogP contribution in [0.4, 0.5) is 5.69 Å². The van der Waals surface area contributed by atoms with E-state index in [0.717, 1.165) is 48.3 Å². The molecule has 0 bridgehead atoms.